The molecule has 4 nitrogen and oxygen atoms in total. The number of carbonyl (C=O) groups is 1. The normalized spacial score (nSPS) is 15.1. The molecule has 0 aliphatic heterocycles. The molecule has 0 aliphatic rings. The van der Waals surface area contributed by atoms with Gasteiger partial charge in [0, 0.05) is 5.56 Å². The van der Waals surface area contributed by atoms with Gasteiger partial charge < -0.3 is 15.9 Å². The van der Waals surface area contributed by atoms with Crippen LogP contribution in [0.5, 0.6) is 0 Å². The predicted octanol–water partition coefficient (Wildman–Crippen LogP) is 1.26. The summed E-state index contributed by atoms with van der Waals surface area (Å²) in [6.07, 6.45) is -7.29. The van der Waals surface area contributed by atoms with Crippen LogP contribution in [0.3, 0.4) is 0 Å². The van der Waals surface area contributed by atoms with Crippen LogP contribution in [0.15, 0.2) is 18.2 Å². The quantitative estimate of drug-likeness (QED) is 0.707. The second-order valence-electron chi connectivity index (χ2n) is 4.05. The third-order valence-electron chi connectivity index (χ3n) is 2.68. The summed E-state index contributed by atoms with van der Waals surface area (Å²) in [5, 5.41) is 19.2. The molecule has 0 saturated carbocycles. The van der Waals surface area contributed by atoms with Crippen molar-refractivity contribution in [3.8, 4) is 0 Å². The van der Waals surface area contributed by atoms with Crippen LogP contribution in [0.4, 0.5) is 13.2 Å². The maximum Gasteiger partial charge on any atom is 0.417 e. The Morgan fingerprint density at radius 2 is 1.95 bits per heavy atom. The number of rotatable bonds is 5. The number of aldehydes is 1. The van der Waals surface area contributed by atoms with Gasteiger partial charge in [-0.1, -0.05) is 12.1 Å². The molecular weight excluding hydrogens is 263 g/mol. The highest BCUT2D eigenvalue weighted by Crippen LogP contribution is 2.33. The summed E-state index contributed by atoms with van der Waals surface area (Å²) in [5.74, 6) is 0. The van der Waals surface area contributed by atoms with E-state index in [1.807, 2.05) is 0 Å². The molecule has 7 heteroatoms. The summed E-state index contributed by atoms with van der Waals surface area (Å²) >= 11 is 0. The molecule has 1 aromatic rings. The highest BCUT2D eigenvalue weighted by Gasteiger charge is 2.34. The van der Waals surface area contributed by atoms with E-state index in [1.54, 1.807) is 0 Å². The first-order valence-corrected chi connectivity index (χ1v) is 5.53. The zero-order valence-electron chi connectivity index (χ0n) is 9.89. The summed E-state index contributed by atoms with van der Waals surface area (Å²) in [7, 11) is 0. The summed E-state index contributed by atoms with van der Waals surface area (Å²) < 4.78 is 38.1. The number of halogens is 3. The van der Waals surface area contributed by atoms with E-state index in [-0.39, 0.29) is 24.8 Å². The van der Waals surface area contributed by atoms with Crippen molar-refractivity contribution < 1.29 is 28.2 Å². The molecule has 0 spiro atoms. The van der Waals surface area contributed by atoms with Crippen molar-refractivity contribution in [2.75, 3.05) is 6.54 Å². The van der Waals surface area contributed by atoms with E-state index in [4.69, 9.17) is 5.73 Å². The molecule has 0 bridgehead atoms. The molecule has 0 saturated heterocycles. The molecule has 0 heterocycles. The number of carbonyl (C=O) groups excluding carboxylic acids is 1. The van der Waals surface area contributed by atoms with Gasteiger partial charge >= 0.3 is 6.18 Å². The Morgan fingerprint density at radius 3 is 2.42 bits per heavy atom. The molecular formula is C12H14F3NO3. The van der Waals surface area contributed by atoms with E-state index in [0.29, 0.717) is 6.07 Å². The molecule has 0 aliphatic carbocycles. The average Bonchev–Trinajstić information content (AvgIpc) is 2.36. The van der Waals surface area contributed by atoms with Crippen LogP contribution in [-0.4, -0.2) is 29.1 Å². The summed E-state index contributed by atoms with van der Waals surface area (Å²) in [6, 6.07) is 2.79. The van der Waals surface area contributed by atoms with Crippen molar-refractivity contribution in [1.29, 1.82) is 0 Å². The molecule has 0 radical (unpaired) electrons. The van der Waals surface area contributed by atoms with Crippen LogP contribution in [-0.2, 0) is 6.18 Å². The van der Waals surface area contributed by atoms with Gasteiger partial charge in [-0.2, -0.15) is 13.2 Å². The molecule has 1 rings (SSSR count). The number of aliphatic hydroxyl groups excluding tert-OH is 2. The zero-order chi connectivity index (χ0) is 14.6. The summed E-state index contributed by atoms with van der Waals surface area (Å²) in [4.78, 5) is 10.6. The number of hydrogen-bond donors (Lipinski definition) is 3. The van der Waals surface area contributed by atoms with Crippen molar-refractivity contribution in [1.82, 2.24) is 0 Å². The third kappa shape index (κ3) is 3.76. The Morgan fingerprint density at radius 1 is 1.32 bits per heavy atom. The van der Waals surface area contributed by atoms with E-state index in [2.05, 4.69) is 0 Å². The van der Waals surface area contributed by atoms with Crippen LogP contribution in [0.2, 0.25) is 0 Å². The maximum absolute atomic E-state index is 12.7. The lowest BCUT2D eigenvalue weighted by Gasteiger charge is -2.19. The first-order chi connectivity index (χ1) is 8.81. The minimum atomic E-state index is -4.70. The van der Waals surface area contributed by atoms with Gasteiger partial charge in [0.25, 0.3) is 0 Å². The Kier molecular flexibility index (Phi) is 5.04. The van der Waals surface area contributed by atoms with Gasteiger partial charge in [0.15, 0.2) is 6.29 Å². The van der Waals surface area contributed by atoms with Gasteiger partial charge in [-0.3, -0.25) is 4.79 Å². The lowest BCUT2D eigenvalue weighted by atomic mass is 9.97. The van der Waals surface area contributed by atoms with Crippen LogP contribution < -0.4 is 5.73 Å². The van der Waals surface area contributed by atoms with Gasteiger partial charge in [-0.25, -0.2) is 0 Å². The molecule has 1 aromatic carbocycles. The van der Waals surface area contributed by atoms with Gasteiger partial charge in [-0.15, -0.1) is 0 Å². The monoisotopic (exact) mass is 277 g/mol. The van der Waals surface area contributed by atoms with E-state index in [1.165, 1.54) is 6.07 Å². The molecule has 19 heavy (non-hydrogen) atoms. The summed E-state index contributed by atoms with van der Waals surface area (Å²) in [5.41, 5.74) is 3.42. The van der Waals surface area contributed by atoms with Crippen LogP contribution >= 0.6 is 0 Å². The van der Waals surface area contributed by atoms with Crippen molar-refractivity contribution in [3.63, 3.8) is 0 Å². The average molecular weight is 277 g/mol. The second-order valence-corrected chi connectivity index (χ2v) is 4.05. The van der Waals surface area contributed by atoms with Gasteiger partial charge in [0.05, 0.1) is 11.7 Å². The Hall–Kier alpha value is -1.44. The predicted molar refractivity (Wildman–Crippen MR) is 61.5 cm³/mol. The first kappa shape index (κ1) is 15.6. The molecule has 0 fully saturated rings. The van der Waals surface area contributed by atoms with Crippen LogP contribution in [0.25, 0.3) is 0 Å². The van der Waals surface area contributed by atoms with Gasteiger partial charge in [0.2, 0.25) is 0 Å². The van der Waals surface area contributed by atoms with Gasteiger partial charge in [0.1, 0.15) is 6.10 Å². The number of nitrogens with two attached hydrogens (primary N) is 1. The summed E-state index contributed by atoms with van der Waals surface area (Å²) in [6.45, 7) is 0.0940. The molecule has 4 N–H and O–H groups in total. The SMILES string of the molecule is NCCC(O)C(O)c1ccc(C=O)c(C(F)(F)F)c1. The van der Waals surface area contributed by atoms with E-state index >= 15 is 0 Å². The zero-order valence-corrected chi connectivity index (χ0v) is 9.89. The topological polar surface area (TPSA) is 83.6 Å². The van der Waals surface area contributed by atoms with E-state index in [0.717, 1.165) is 6.07 Å². The molecule has 0 aromatic heterocycles. The number of benzene rings is 1. The minimum Gasteiger partial charge on any atom is -0.390 e. The number of hydrogen-bond acceptors (Lipinski definition) is 4. The van der Waals surface area contributed by atoms with Crippen molar-refractivity contribution in [2.45, 2.75) is 24.8 Å². The largest absolute Gasteiger partial charge is 0.417 e. The van der Waals surface area contributed by atoms with Gasteiger partial charge in [-0.05, 0) is 24.6 Å². The first-order valence-electron chi connectivity index (χ1n) is 5.53. The molecule has 2 atom stereocenters. The third-order valence-corrected chi connectivity index (χ3v) is 2.68. The van der Waals surface area contributed by atoms with Crippen molar-refractivity contribution in [2.24, 2.45) is 5.73 Å². The van der Waals surface area contributed by atoms with E-state index < -0.39 is 29.5 Å². The fraction of sp³-hybridized carbons (Fsp3) is 0.417. The standard InChI is InChI=1S/C12H14F3NO3/c13-12(14,15)9-5-7(1-2-8(9)6-17)11(19)10(18)3-4-16/h1-2,5-6,10-11,18-19H,3-4,16H2. The molecule has 106 valence electrons. The molecule has 2 unspecified atom stereocenters. The Labute approximate surface area is 107 Å². The lowest BCUT2D eigenvalue weighted by Crippen LogP contribution is -2.22. The fourth-order valence-electron chi connectivity index (χ4n) is 1.66. The molecule has 0 amide bonds. The highest BCUT2D eigenvalue weighted by atomic mass is 19.4. The maximum atomic E-state index is 12.7. The number of alkyl halides is 3. The van der Waals surface area contributed by atoms with E-state index in [9.17, 15) is 28.2 Å². The Balaban J connectivity index is 3.15. The fourth-order valence-corrected chi connectivity index (χ4v) is 1.66. The van der Waals surface area contributed by atoms with Crippen LogP contribution in [0, 0.1) is 0 Å². The number of aliphatic hydroxyl groups is 2. The second kappa shape index (κ2) is 6.14. The Bertz CT molecular complexity index is 448. The van der Waals surface area contributed by atoms with Crippen molar-refractivity contribution >= 4 is 6.29 Å². The lowest BCUT2D eigenvalue weighted by molar-refractivity contribution is -0.138. The van der Waals surface area contributed by atoms with Crippen molar-refractivity contribution in [3.05, 3.63) is 34.9 Å². The van der Waals surface area contributed by atoms with Crippen LogP contribution in [0.1, 0.15) is 34.0 Å². The minimum absolute atomic E-state index is 0.0535. The smallest absolute Gasteiger partial charge is 0.390 e. The highest BCUT2D eigenvalue weighted by molar-refractivity contribution is 5.77.